The third-order valence-electron chi connectivity index (χ3n) is 3.16. The van der Waals surface area contributed by atoms with E-state index in [1.54, 1.807) is 0 Å². The molecule has 0 saturated heterocycles. The van der Waals surface area contributed by atoms with Crippen LogP contribution in [0.25, 0.3) is 0 Å². The maximum absolute atomic E-state index is 5.38. The third kappa shape index (κ3) is 3.13. The van der Waals surface area contributed by atoms with Gasteiger partial charge in [0.15, 0.2) is 11.5 Å². The molecule has 0 saturated carbocycles. The Morgan fingerprint density at radius 2 is 1.94 bits per heavy atom. The third-order valence-corrected chi connectivity index (χ3v) is 3.16. The minimum absolute atomic E-state index is 0.347. The van der Waals surface area contributed by atoms with Gasteiger partial charge in [0, 0.05) is 12.1 Å². The van der Waals surface area contributed by atoms with Crippen molar-refractivity contribution in [3.05, 3.63) is 23.8 Å². The zero-order valence-corrected chi connectivity index (χ0v) is 10.8. The second kappa shape index (κ2) is 5.41. The minimum Gasteiger partial charge on any atom is -0.454 e. The lowest BCUT2D eigenvalue weighted by Gasteiger charge is -2.18. The fraction of sp³-hybridized carbons (Fsp3) is 0.571. The van der Waals surface area contributed by atoms with Gasteiger partial charge in [-0.15, -0.1) is 0 Å². The Morgan fingerprint density at radius 1 is 1.18 bits per heavy atom. The van der Waals surface area contributed by atoms with Gasteiger partial charge in [-0.05, 0) is 44.4 Å². The van der Waals surface area contributed by atoms with Crippen LogP contribution in [-0.2, 0) is 6.42 Å². The van der Waals surface area contributed by atoms with Crippen LogP contribution < -0.4 is 14.8 Å². The Balaban J connectivity index is 1.94. The highest BCUT2D eigenvalue weighted by Crippen LogP contribution is 2.32. The summed E-state index contributed by atoms with van der Waals surface area (Å²) >= 11 is 0. The van der Waals surface area contributed by atoms with E-state index in [0.29, 0.717) is 18.9 Å². The molecule has 0 bridgehead atoms. The van der Waals surface area contributed by atoms with Gasteiger partial charge in [0.1, 0.15) is 0 Å². The van der Waals surface area contributed by atoms with E-state index in [4.69, 9.17) is 9.47 Å². The Hall–Kier alpha value is -1.22. The van der Waals surface area contributed by atoms with Crippen LogP contribution in [0.15, 0.2) is 18.2 Å². The molecule has 0 radical (unpaired) electrons. The van der Waals surface area contributed by atoms with Crippen LogP contribution in [0.2, 0.25) is 0 Å². The smallest absolute Gasteiger partial charge is 0.231 e. The summed E-state index contributed by atoms with van der Waals surface area (Å²) in [5.74, 6) is 1.73. The molecule has 1 heterocycles. The summed E-state index contributed by atoms with van der Waals surface area (Å²) in [6.45, 7) is 6.98. The molecule has 0 amide bonds. The van der Waals surface area contributed by atoms with E-state index in [2.05, 4.69) is 38.2 Å². The number of hydrogen-bond donors (Lipinski definition) is 1. The summed E-state index contributed by atoms with van der Waals surface area (Å²) in [6.07, 6.45) is 2.17. The zero-order chi connectivity index (χ0) is 12.3. The quantitative estimate of drug-likeness (QED) is 0.851. The number of fused-ring (bicyclic) bond motifs is 1. The van der Waals surface area contributed by atoms with Gasteiger partial charge in [-0.3, -0.25) is 0 Å². The highest BCUT2D eigenvalue weighted by molar-refractivity contribution is 5.44. The first-order valence-electron chi connectivity index (χ1n) is 6.33. The van der Waals surface area contributed by atoms with E-state index in [1.807, 2.05) is 6.07 Å². The largest absolute Gasteiger partial charge is 0.454 e. The first kappa shape index (κ1) is 12.2. The van der Waals surface area contributed by atoms with Crippen LogP contribution in [0.1, 0.15) is 32.8 Å². The van der Waals surface area contributed by atoms with Crippen LogP contribution in [0.5, 0.6) is 11.5 Å². The molecule has 1 aromatic rings. The van der Waals surface area contributed by atoms with Crippen molar-refractivity contribution >= 4 is 0 Å². The van der Waals surface area contributed by atoms with Crippen molar-refractivity contribution in [2.24, 2.45) is 0 Å². The van der Waals surface area contributed by atoms with Gasteiger partial charge in [-0.1, -0.05) is 13.0 Å². The van der Waals surface area contributed by atoms with Crippen molar-refractivity contribution in [2.75, 3.05) is 6.79 Å². The maximum Gasteiger partial charge on any atom is 0.231 e. The lowest BCUT2D eigenvalue weighted by Crippen LogP contribution is -2.35. The number of ether oxygens (including phenoxy) is 2. The van der Waals surface area contributed by atoms with Crippen molar-refractivity contribution in [3.63, 3.8) is 0 Å². The predicted octanol–water partition coefficient (Wildman–Crippen LogP) is 2.73. The van der Waals surface area contributed by atoms with Crippen molar-refractivity contribution < 1.29 is 9.47 Å². The van der Waals surface area contributed by atoms with Gasteiger partial charge >= 0.3 is 0 Å². The first-order valence-corrected chi connectivity index (χ1v) is 6.33. The number of benzene rings is 1. The summed E-state index contributed by atoms with van der Waals surface area (Å²) in [6, 6.07) is 7.23. The summed E-state index contributed by atoms with van der Waals surface area (Å²) < 4.78 is 10.7. The fourth-order valence-electron chi connectivity index (χ4n) is 2.08. The normalized spacial score (nSPS) is 16.9. The first-order chi connectivity index (χ1) is 8.19. The number of nitrogens with one attached hydrogen (secondary N) is 1. The highest BCUT2D eigenvalue weighted by Gasteiger charge is 2.14. The van der Waals surface area contributed by atoms with E-state index in [9.17, 15) is 0 Å². The lowest BCUT2D eigenvalue weighted by molar-refractivity contribution is 0.174. The topological polar surface area (TPSA) is 30.5 Å². The second-order valence-electron chi connectivity index (χ2n) is 4.77. The molecule has 1 N–H and O–H groups in total. The minimum atomic E-state index is 0.347. The highest BCUT2D eigenvalue weighted by atomic mass is 16.7. The monoisotopic (exact) mass is 235 g/mol. The molecule has 2 unspecified atom stereocenters. The molecule has 1 aliphatic heterocycles. The van der Waals surface area contributed by atoms with Crippen molar-refractivity contribution in [1.82, 2.24) is 5.32 Å². The van der Waals surface area contributed by atoms with Gasteiger partial charge in [0.2, 0.25) is 6.79 Å². The van der Waals surface area contributed by atoms with Crippen molar-refractivity contribution in [2.45, 2.75) is 45.7 Å². The van der Waals surface area contributed by atoms with Crippen LogP contribution >= 0.6 is 0 Å². The van der Waals surface area contributed by atoms with E-state index < -0.39 is 0 Å². The summed E-state index contributed by atoms with van der Waals surface area (Å²) in [5, 5.41) is 3.57. The van der Waals surface area contributed by atoms with Gasteiger partial charge in [0.05, 0.1) is 0 Å². The number of rotatable bonds is 5. The van der Waals surface area contributed by atoms with Gasteiger partial charge in [0.25, 0.3) is 0 Å². The Morgan fingerprint density at radius 3 is 2.71 bits per heavy atom. The molecule has 1 aromatic carbocycles. The molecule has 94 valence electrons. The molecular weight excluding hydrogens is 214 g/mol. The van der Waals surface area contributed by atoms with Gasteiger partial charge in [-0.2, -0.15) is 0 Å². The molecule has 0 fully saturated rings. The average Bonchev–Trinajstić information content (AvgIpc) is 2.75. The molecule has 2 atom stereocenters. The van der Waals surface area contributed by atoms with Crippen molar-refractivity contribution in [1.29, 1.82) is 0 Å². The molecule has 17 heavy (non-hydrogen) atoms. The van der Waals surface area contributed by atoms with Crippen LogP contribution in [0, 0.1) is 0 Å². The number of hydrogen-bond acceptors (Lipinski definition) is 3. The Bertz CT molecular complexity index is 378. The van der Waals surface area contributed by atoms with Gasteiger partial charge in [-0.25, -0.2) is 0 Å². The second-order valence-corrected chi connectivity index (χ2v) is 4.77. The summed E-state index contributed by atoms with van der Waals surface area (Å²) in [4.78, 5) is 0. The molecule has 0 spiro atoms. The van der Waals surface area contributed by atoms with Crippen LogP contribution in [0.3, 0.4) is 0 Å². The Labute approximate surface area is 103 Å². The maximum atomic E-state index is 5.38. The molecule has 0 aromatic heterocycles. The lowest BCUT2D eigenvalue weighted by atomic mass is 10.1. The van der Waals surface area contributed by atoms with E-state index in [0.717, 1.165) is 24.3 Å². The predicted molar refractivity (Wildman–Crippen MR) is 68.6 cm³/mol. The molecule has 1 aliphatic rings. The Kier molecular flexibility index (Phi) is 3.89. The SMILES string of the molecule is CCC(C)NC(C)Cc1ccc2c(c1)OCO2. The van der Waals surface area contributed by atoms with E-state index in [1.165, 1.54) is 5.56 Å². The summed E-state index contributed by atoms with van der Waals surface area (Å²) in [5.41, 5.74) is 1.29. The molecule has 2 rings (SSSR count). The summed E-state index contributed by atoms with van der Waals surface area (Å²) in [7, 11) is 0. The van der Waals surface area contributed by atoms with Crippen LogP contribution in [-0.4, -0.2) is 18.9 Å². The standard InChI is InChI=1S/C14H21NO2/c1-4-10(2)15-11(3)7-12-5-6-13-14(8-12)17-9-16-13/h5-6,8,10-11,15H,4,7,9H2,1-3H3. The van der Waals surface area contributed by atoms with E-state index in [-0.39, 0.29) is 0 Å². The molecule has 0 aliphatic carbocycles. The molecular formula is C14H21NO2. The fourth-order valence-corrected chi connectivity index (χ4v) is 2.08. The van der Waals surface area contributed by atoms with Crippen molar-refractivity contribution in [3.8, 4) is 11.5 Å². The average molecular weight is 235 g/mol. The van der Waals surface area contributed by atoms with E-state index >= 15 is 0 Å². The molecule has 3 nitrogen and oxygen atoms in total. The van der Waals surface area contributed by atoms with Crippen LogP contribution in [0.4, 0.5) is 0 Å². The zero-order valence-electron chi connectivity index (χ0n) is 10.8. The molecule has 3 heteroatoms. The van der Waals surface area contributed by atoms with Gasteiger partial charge < -0.3 is 14.8 Å².